The largest absolute Gasteiger partial charge is 0.377 e. The van der Waals surface area contributed by atoms with Gasteiger partial charge in [-0.3, -0.25) is 0 Å². The lowest BCUT2D eigenvalue weighted by atomic mass is 10.1. The second-order valence-corrected chi connectivity index (χ2v) is 5.73. The lowest BCUT2D eigenvalue weighted by Crippen LogP contribution is -2.07. The van der Waals surface area contributed by atoms with Crippen LogP contribution in [0.5, 0.6) is 0 Å². The zero-order valence-electron chi connectivity index (χ0n) is 11.4. The van der Waals surface area contributed by atoms with Gasteiger partial charge in [-0.15, -0.1) is 11.8 Å². The van der Waals surface area contributed by atoms with Gasteiger partial charge in [-0.25, -0.2) is 0 Å². The number of hydrogen-bond acceptors (Lipinski definition) is 3. The molecule has 2 aromatic carbocycles. The first-order valence-corrected chi connectivity index (χ1v) is 7.84. The molecule has 0 aliphatic carbocycles. The first kappa shape index (κ1) is 14.8. The SMILES string of the molecule is CSc1ccc(C(C)Nc2cc(C#N)ccc2Cl)cc1. The van der Waals surface area contributed by atoms with Crippen molar-refractivity contribution in [2.75, 3.05) is 11.6 Å². The van der Waals surface area contributed by atoms with Crippen molar-refractivity contribution in [3.8, 4) is 6.07 Å². The first-order chi connectivity index (χ1) is 9.63. The maximum absolute atomic E-state index is 8.94. The molecule has 0 spiro atoms. The van der Waals surface area contributed by atoms with Crippen molar-refractivity contribution in [1.82, 2.24) is 0 Å². The number of nitrogens with one attached hydrogen (secondary N) is 1. The van der Waals surface area contributed by atoms with E-state index in [9.17, 15) is 0 Å². The van der Waals surface area contributed by atoms with Crippen molar-refractivity contribution in [2.45, 2.75) is 17.9 Å². The number of halogens is 1. The molecule has 0 heterocycles. The van der Waals surface area contributed by atoms with E-state index in [0.717, 1.165) is 5.69 Å². The summed E-state index contributed by atoms with van der Waals surface area (Å²) in [6, 6.07) is 15.9. The summed E-state index contributed by atoms with van der Waals surface area (Å²) < 4.78 is 0. The van der Waals surface area contributed by atoms with Crippen LogP contribution in [0.15, 0.2) is 47.4 Å². The lowest BCUT2D eigenvalue weighted by Gasteiger charge is -2.17. The summed E-state index contributed by atoms with van der Waals surface area (Å²) in [7, 11) is 0. The van der Waals surface area contributed by atoms with Gasteiger partial charge in [-0.1, -0.05) is 23.7 Å². The molecule has 2 nitrogen and oxygen atoms in total. The third kappa shape index (κ3) is 3.47. The predicted octanol–water partition coefficient (Wildman–Crippen LogP) is 5.11. The number of thioether (sulfide) groups is 1. The number of rotatable bonds is 4. The average molecular weight is 303 g/mol. The predicted molar refractivity (Wildman–Crippen MR) is 86.4 cm³/mol. The molecule has 4 heteroatoms. The lowest BCUT2D eigenvalue weighted by molar-refractivity contribution is 0.883. The highest BCUT2D eigenvalue weighted by Crippen LogP contribution is 2.28. The van der Waals surface area contributed by atoms with Gasteiger partial charge in [0.1, 0.15) is 0 Å². The van der Waals surface area contributed by atoms with Crippen LogP contribution in [-0.4, -0.2) is 6.26 Å². The Hall–Kier alpha value is -1.63. The van der Waals surface area contributed by atoms with E-state index >= 15 is 0 Å². The van der Waals surface area contributed by atoms with Crippen LogP contribution >= 0.6 is 23.4 Å². The van der Waals surface area contributed by atoms with Crippen molar-refractivity contribution in [3.05, 3.63) is 58.6 Å². The Balaban J connectivity index is 2.18. The van der Waals surface area contributed by atoms with Crippen LogP contribution < -0.4 is 5.32 Å². The van der Waals surface area contributed by atoms with Crippen molar-refractivity contribution in [3.63, 3.8) is 0 Å². The van der Waals surface area contributed by atoms with E-state index in [4.69, 9.17) is 16.9 Å². The second kappa shape index (κ2) is 6.69. The molecule has 0 fully saturated rings. The maximum Gasteiger partial charge on any atom is 0.0992 e. The fraction of sp³-hybridized carbons (Fsp3) is 0.188. The number of hydrogen-bond donors (Lipinski definition) is 1. The normalized spacial score (nSPS) is 11.7. The second-order valence-electron chi connectivity index (χ2n) is 4.45. The Morgan fingerprint density at radius 2 is 1.90 bits per heavy atom. The van der Waals surface area contributed by atoms with Crippen molar-refractivity contribution >= 4 is 29.1 Å². The Morgan fingerprint density at radius 1 is 1.20 bits per heavy atom. The van der Waals surface area contributed by atoms with Crippen LogP contribution in [0.2, 0.25) is 5.02 Å². The molecular formula is C16H15ClN2S. The third-order valence-corrected chi connectivity index (χ3v) is 4.16. The fourth-order valence-corrected chi connectivity index (χ4v) is 2.49. The fourth-order valence-electron chi connectivity index (χ4n) is 1.91. The van der Waals surface area contributed by atoms with E-state index in [-0.39, 0.29) is 6.04 Å². The molecule has 2 rings (SSSR count). The summed E-state index contributed by atoms with van der Waals surface area (Å²) in [5.41, 5.74) is 2.57. The van der Waals surface area contributed by atoms with Crippen molar-refractivity contribution in [1.29, 1.82) is 5.26 Å². The molecule has 0 aliphatic rings. The molecule has 1 N–H and O–H groups in total. The molecule has 0 radical (unpaired) electrons. The van der Waals surface area contributed by atoms with Gasteiger partial charge in [0.2, 0.25) is 0 Å². The molecule has 20 heavy (non-hydrogen) atoms. The molecule has 2 aromatic rings. The standard InChI is InChI=1S/C16H15ClN2S/c1-11(13-4-6-14(20-2)7-5-13)19-16-9-12(10-18)3-8-15(16)17/h3-9,11,19H,1-2H3. The van der Waals surface area contributed by atoms with E-state index in [1.54, 1.807) is 30.0 Å². The number of nitriles is 1. The average Bonchev–Trinajstić information content (AvgIpc) is 2.49. The molecule has 1 unspecified atom stereocenters. The maximum atomic E-state index is 8.94. The number of nitrogens with zero attached hydrogens (tertiary/aromatic N) is 1. The number of anilines is 1. The molecule has 102 valence electrons. The van der Waals surface area contributed by atoms with Crippen LogP contribution in [0.3, 0.4) is 0 Å². The van der Waals surface area contributed by atoms with Gasteiger partial charge in [0, 0.05) is 10.9 Å². The van der Waals surface area contributed by atoms with Crippen LogP contribution in [-0.2, 0) is 0 Å². The molecule has 0 amide bonds. The van der Waals surface area contributed by atoms with Crippen LogP contribution in [0.25, 0.3) is 0 Å². The summed E-state index contributed by atoms with van der Waals surface area (Å²) in [4.78, 5) is 1.24. The summed E-state index contributed by atoms with van der Waals surface area (Å²) >= 11 is 7.88. The highest BCUT2D eigenvalue weighted by Gasteiger charge is 2.08. The zero-order valence-corrected chi connectivity index (χ0v) is 12.9. The van der Waals surface area contributed by atoms with Gasteiger partial charge < -0.3 is 5.32 Å². The molecule has 1 atom stereocenters. The number of benzene rings is 2. The Bertz CT molecular complexity index is 632. The minimum atomic E-state index is 0.123. The van der Waals surface area contributed by atoms with E-state index in [1.807, 2.05) is 0 Å². The monoisotopic (exact) mass is 302 g/mol. The quantitative estimate of drug-likeness (QED) is 0.797. The molecule has 0 aromatic heterocycles. The third-order valence-electron chi connectivity index (χ3n) is 3.08. The zero-order chi connectivity index (χ0) is 14.5. The van der Waals surface area contributed by atoms with Gasteiger partial charge in [-0.2, -0.15) is 5.26 Å². The van der Waals surface area contributed by atoms with Gasteiger partial charge >= 0.3 is 0 Å². The van der Waals surface area contributed by atoms with Crippen LogP contribution in [0, 0.1) is 11.3 Å². The van der Waals surface area contributed by atoms with Crippen LogP contribution in [0.4, 0.5) is 5.69 Å². The van der Waals surface area contributed by atoms with E-state index in [1.165, 1.54) is 10.5 Å². The molecule has 0 bridgehead atoms. The molecule has 0 aliphatic heterocycles. The van der Waals surface area contributed by atoms with E-state index in [2.05, 4.69) is 48.8 Å². The van der Waals surface area contributed by atoms with Gasteiger partial charge in [-0.05, 0) is 49.1 Å². The molecule has 0 saturated carbocycles. The Morgan fingerprint density at radius 3 is 2.50 bits per heavy atom. The van der Waals surface area contributed by atoms with E-state index < -0.39 is 0 Å². The van der Waals surface area contributed by atoms with Crippen LogP contribution in [0.1, 0.15) is 24.1 Å². The molecule has 0 saturated heterocycles. The van der Waals surface area contributed by atoms with Gasteiger partial charge in [0.25, 0.3) is 0 Å². The highest BCUT2D eigenvalue weighted by atomic mass is 35.5. The van der Waals surface area contributed by atoms with Crippen molar-refractivity contribution < 1.29 is 0 Å². The first-order valence-electron chi connectivity index (χ1n) is 6.24. The minimum absolute atomic E-state index is 0.123. The minimum Gasteiger partial charge on any atom is -0.377 e. The summed E-state index contributed by atoms with van der Waals surface area (Å²) in [5, 5.41) is 12.9. The van der Waals surface area contributed by atoms with Crippen molar-refractivity contribution in [2.24, 2.45) is 0 Å². The summed E-state index contributed by atoms with van der Waals surface area (Å²) in [6.45, 7) is 2.07. The molecular weight excluding hydrogens is 288 g/mol. The Labute approximate surface area is 128 Å². The Kier molecular flexibility index (Phi) is 4.94. The summed E-state index contributed by atoms with van der Waals surface area (Å²) in [6.07, 6.45) is 2.06. The van der Waals surface area contributed by atoms with Gasteiger partial charge in [0.05, 0.1) is 22.3 Å². The smallest absolute Gasteiger partial charge is 0.0992 e. The topological polar surface area (TPSA) is 35.8 Å². The van der Waals surface area contributed by atoms with Gasteiger partial charge in [0.15, 0.2) is 0 Å². The van der Waals surface area contributed by atoms with E-state index in [0.29, 0.717) is 10.6 Å². The highest BCUT2D eigenvalue weighted by molar-refractivity contribution is 7.98. The summed E-state index contributed by atoms with van der Waals surface area (Å²) in [5.74, 6) is 0.